The molecule has 2 heterocycles. The molecule has 196 valence electrons. The molecule has 0 aliphatic carbocycles. The summed E-state index contributed by atoms with van der Waals surface area (Å²) in [7, 11) is 1.08. The average molecular weight is 503 g/mol. The zero-order chi connectivity index (χ0) is 26.6. The molecule has 2 fully saturated rings. The number of hydrogen-bond acceptors (Lipinski definition) is 13. The highest BCUT2D eigenvalue weighted by Gasteiger charge is 2.72. The highest BCUT2D eigenvalue weighted by molar-refractivity contribution is 5.79. The molecule has 2 aliphatic rings. The van der Waals surface area contributed by atoms with Gasteiger partial charge in [-0.05, 0) is 0 Å². The quantitative estimate of drug-likeness (QED) is 0.296. The van der Waals surface area contributed by atoms with E-state index in [1.54, 1.807) is 0 Å². The van der Waals surface area contributed by atoms with Crippen molar-refractivity contribution in [2.75, 3.05) is 20.3 Å². The zero-order valence-electron chi connectivity index (χ0n) is 20.2. The molecule has 2 bridgehead atoms. The number of esters is 5. The van der Waals surface area contributed by atoms with Gasteiger partial charge in [0.25, 0.3) is 5.79 Å². The molecule has 2 aliphatic heterocycles. The van der Waals surface area contributed by atoms with Crippen molar-refractivity contribution in [2.45, 2.75) is 76.8 Å². The maximum absolute atomic E-state index is 12.7. The SMILES string of the molecule is COC(=O)[C@@]12C[C@H](OC(C)=O)[C@@H](NC(C)=O)[C@@]([C@H](OC(C)=O)[C@@H](COC(C)=O)OC(C)=O)(CO1)O2. The van der Waals surface area contributed by atoms with Crippen LogP contribution in [0.1, 0.15) is 41.0 Å². The van der Waals surface area contributed by atoms with Crippen molar-refractivity contribution in [1.29, 1.82) is 0 Å². The van der Waals surface area contributed by atoms with Crippen LogP contribution in [0.5, 0.6) is 0 Å². The van der Waals surface area contributed by atoms with Crippen LogP contribution in [0.4, 0.5) is 0 Å². The highest BCUT2D eigenvalue weighted by atomic mass is 16.8. The van der Waals surface area contributed by atoms with Crippen LogP contribution in [0.15, 0.2) is 0 Å². The van der Waals surface area contributed by atoms with Gasteiger partial charge in [0.1, 0.15) is 18.8 Å². The fraction of sp³-hybridized carbons (Fsp3) is 0.714. The minimum Gasteiger partial charge on any atom is -0.465 e. The summed E-state index contributed by atoms with van der Waals surface area (Å²) in [6.45, 7) is 4.46. The van der Waals surface area contributed by atoms with Crippen LogP contribution in [-0.2, 0) is 61.9 Å². The van der Waals surface area contributed by atoms with Crippen LogP contribution in [0.25, 0.3) is 0 Å². The van der Waals surface area contributed by atoms with Crippen molar-refractivity contribution in [3.8, 4) is 0 Å². The Kier molecular flexibility index (Phi) is 8.79. The van der Waals surface area contributed by atoms with Crippen LogP contribution >= 0.6 is 0 Å². The standard InChI is InChI=1S/C21H29NO13/c1-10(23)22-17-15(32-12(3)25)7-21(19(28)29-6)31-9-20(17,35-21)18(34-14(5)27)16(33-13(4)26)8-30-11(2)24/h15-18H,7-9H2,1-6H3,(H,22,23)/t15-,16+,17+,18+,20+,21-/m0/s1. The first kappa shape index (κ1) is 28.0. The molecule has 0 radical (unpaired) electrons. The fourth-order valence-electron chi connectivity index (χ4n) is 4.23. The Morgan fingerprint density at radius 3 is 2.06 bits per heavy atom. The monoisotopic (exact) mass is 503 g/mol. The van der Waals surface area contributed by atoms with E-state index in [4.69, 9.17) is 33.2 Å². The largest absolute Gasteiger partial charge is 0.465 e. The van der Waals surface area contributed by atoms with E-state index >= 15 is 0 Å². The van der Waals surface area contributed by atoms with E-state index < -0.39 is 84.7 Å². The average Bonchev–Trinajstić information content (AvgIpc) is 3.07. The molecule has 35 heavy (non-hydrogen) atoms. The normalized spacial score (nSPS) is 28.6. The van der Waals surface area contributed by atoms with E-state index in [1.165, 1.54) is 6.92 Å². The molecule has 0 aromatic rings. The lowest BCUT2D eigenvalue weighted by Gasteiger charge is -2.49. The number of amides is 1. The number of ether oxygens (including phenoxy) is 7. The van der Waals surface area contributed by atoms with Crippen LogP contribution in [0.2, 0.25) is 0 Å². The molecule has 14 heteroatoms. The van der Waals surface area contributed by atoms with Gasteiger partial charge in [-0.3, -0.25) is 24.0 Å². The van der Waals surface area contributed by atoms with Gasteiger partial charge in [0.05, 0.1) is 20.1 Å². The van der Waals surface area contributed by atoms with E-state index in [0.29, 0.717) is 0 Å². The molecule has 1 amide bonds. The van der Waals surface area contributed by atoms with Crippen molar-refractivity contribution in [3.63, 3.8) is 0 Å². The molecule has 0 spiro atoms. The second-order valence-electron chi connectivity index (χ2n) is 8.10. The van der Waals surface area contributed by atoms with Crippen molar-refractivity contribution in [3.05, 3.63) is 0 Å². The maximum Gasteiger partial charge on any atom is 0.366 e. The number of nitrogens with one attached hydrogen (secondary N) is 1. The van der Waals surface area contributed by atoms with Crippen LogP contribution < -0.4 is 5.32 Å². The number of carbonyl (C=O) groups is 6. The van der Waals surface area contributed by atoms with Gasteiger partial charge in [0.2, 0.25) is 5.91 Å². The Morgan fingerprint density at radius 2 is 1.57 bits per heavy atom. The minimum atomic E-state index is -2.11. The molecule has 0 aromatic heterocycles. The van der Waals surface area contributed by atoms with Gasteiger partial charge < -0.3 is 38.5 Å². The molecular formula is C21H29NO13. The molecule has 14 nitrogen and oxygen atoms in total. The zero-order valence-corrected chi connectivity index (χ0v) is 20.2. The lowest BCUT2D eigenvalue weighted by Crippen LogP contribution is -2.73. The van der Waals surface area contributed by atoms with E-state index in [0.717, 1.165) is 34.8 Å². The molecule has 2 rings (SSSR count). The van der Waals surface area contributed by atoms with Crippen LogP contribution in [0, 0.1) is 0 Å². The lowest BCUT2D eigenvalue weighted by molar-refractivity contribution is -0.276. The van der Waals surface area contributed by atoms with Gasteiger partial charge >= 0.3 is 29.8 Å². The van der Waals surface area contributed by atoms with Crippen molar-refractivity contribution in [1.82, 2.24) is 5.32 Å². The van der Waals surface area contributed by atoms with Gasteiger partial charge in [-0.15, -0.1) is 0 Å². The van der Waals surface area contributed by atoms with E-state index in [-0.39, 0.29) is 6.42 Å². The van der Waals surface area contributed by atoms with E-state index in [9.17, 15) is 28.8 Å². The fourth-order valence-corrected chi connectivity index (χ4v) is 4.23. The van der Waals surface area contributed by atoms with Crippen molar-refractivity contribution < 1.29 is 61.9 Å². The smallest absolute Gasteiger partial charge is 0.366 e. The molecule has 6 atom stereocenters. The highest BCUT2D eigenvalue weighted by Crippen LogP contribution is 2.48. The third-order valence-electron chi connectivity index (χ3n) is 5.31. The predicted molar refractivity (Wildman–Crippen MR) is 110 cm³/mol. The van der Waals surface area contributed by atoms with Crippen molar-refractivity contribution in [2.24, 2.45) is 0 Å². The van der Waals surface area contributed by atoms with E-state index in [1.807, 2.05) is 0 Å². The summed E-state index contributed by atoms with van der Waals surface area (Å²) in [6.07, 6.45) is -4.67. The third kappa shape index (κ3) is 6.25. The number of rotatable bonds is 9. The summed E-state index contributed by atoms with van der Waals surface area (Å²) in [6, 6.07) is -1.26. The molecule has 0 saturated carbocycles. The Labute approximate surface area is 200 Å². The Hall–Kier alpha value is -3.26. The summed E-state index contributed by atoms with van der Waals surface area (Å²) in [5.74, 6) is -6.83. The first-order chi connectivity index (χ1) is 16.3. The van der Waals surface area contributed by atoms with Gasteiger partial charge in [0.15, 0.2) is 17.8 Å². The van der Waals surface area contributed by atoms with Gasteiger partial charge in [-0.25, -0.2) is 4.79 Å². The third-order valence-corrected chi connectivity index (χ3v) is 5.31. The molecule has 0 unspecified atom stereocenters. The molecule has 0 aromatic carbocycles. The first-order valence-electron chi connectivity index (χ1n) is 10.6. The molecule has 1 N–H and O–H groups in total. The number of methoxy groups -OCH3 is 1. The Morgan fingerprint density at radius 1 is 0.943 bits per heavy atom. The Balaban J connectivity index is 2.71. The summed E-state index contributed by atoms with van der Waals surface area (Å²) in [4.78, 5) is 72.2. The van der Waals surface area contributed by atoms with E-state index in [2.05, 4.69) is 5.32 Å². The van der Waals surface area contributed by atoms with Gasteiger partial charge in [-0.2, -0.15) is 0 Å². The second kappa shape index (κ2) is 11.0. The second-order valence-corrected chi connectivity index (χ2v) is 8.10. The maximum atomic E-state index is 12.7. The first-order valence-corrected chi connectivity index (χ1v) is 10.6. The predicted octanol–water partition coefficient (Wildman–Crippen LogP) is -1.09. The summed E-state index contributed by atoms with van der Waals surface area (Å²) in [5.41, 5.74) is -1.95. The topological polar surface area (TPSA) is 179 Å². The van der Waals surface area contributed by atoms with Gasteiger partial charge in [-0.1, -0.05) is 0 Å². The number of carbonyl (C=O) groups excluding carboxylic acids is 6. The number of hydrogen-bond donors (Lipinski definition) is 1. The number of fused-ring (bicyclic) bond motifs is 2. The lowest BCUT2D eigenvalue weighted by atomic mass is 9.79. The minimum absolute atomic E-state index is 0.374. The summed E-state index contributed by atoms with van der Waals surface area (Å²) < 4.78 is 37.7. The van der Waals surface area contributed by atoms with Crippen LogP contribution in [0.3, 0.4) is 0 Å². The summed E-state index contributed by atoms with van der Waals surface area (Å²) >= 11 is 0. The Bertz CT molecular complexity index is 888. The van der Waals surface area contributed by atoms with Crippen LogP contribution in [-0.4, -0.2) is 91.8 Å². The molecular weight excluding hydrogens is 474 g/mol. The van der Waals surface area contributed by atoms with Crippen molar-refractivity contribution >= 4 is 35.8 Å². The molecule has 2 saturated heterocycles. The summed E-state index contributed by atoms with van der Waals surface area (Å²) in [5, 5.41) is 2.59. The van der Waals surface area contributed by atoms with Gasteiger partial charge in [0, 0.05) is 34.6 Å².